The van der Waals surface area contributed by atoms with Crippen LogP contribution in [-0.2, 0) is 10.0 Å². The first-order chi connectivity index (χ1) is 9.85. The molecule has 118 valence electrons. The predicted octanol–water partition coefficient (Wildman–Crippen LogP) is 2.69. The Kier molecular flexibility index (Phi) is 5.54. The first-order valence-corrected chi connectivity index (χ1v) is 9.24. The largest absolute Gasteiger partial charge is 0.494 e. The second kappa shape index (κ2) is 6.83. The van der Waals surface area contributed by atoms with E-state index in [4.69, 9.17) is 16.3 Å². The number of hydrogen-bond acceptors (Lipinski definition) is 4. The zero-order valence-corrected chi connectivity index (χ0v) is 14.6. The molecule has 0 amide bonds. The Balaban J connectivity index is 2.35. The van der Waals surface area contributed by atoms with Gasteiger partial charge in [0.1, 0.15) is 4.90 Å². The van der Waals surface area contributed by atoms with Crippen molar-refractivity contribution in [2.45, 2.75) is 42.7 Å². The molecule has 0 bridgehead atoms. The van der Waals surface area contributed by atoms with E-state index in [0.29, 0.717) is 17.3 Å². The fraction of sp³-hybridized carbons (Fsp3) is 0.538. The van der Waals surface area contributed by atoms with E-state index in [1.807, 2.05) is 0 Å². The van der Waals surface area contributed by atoms with Gasteiger partial charge in [0.05, 0.1) is 17.7 Å². The third kappa shape index (κ3) is 3.90. The Morgan fingerprint density at radius 2 is 2.05 bits per heavy atom. The summed E-state index contributed by atoms with van der Waals surface area (Å²) in [5, 5.41) is 10.2. The molecule has 1 saturated carbocycles. The van der Waals surface area contributed by atoms with Crippen LogP contribution in [0.1, 0.15) is 25.7 Å². The summed E-state index contributed by atoms with van der Waals surface area (Å²) in [4.78, 5) is -0.0397. The lowest BCUT2D eigenvalue weighted by Crippen LogP contribution is -2.45. The molecule has 1 aromatic rings. The number of rotatable bonds is 4. The fourth-order valence-electron chi connectivity index (χ4n) is 2.45. The van der Waals surface area contributed by atoms with Gasteiger partial charge in [-0.1, -0.05) is 24.4 Å². The summed E-state index contributed by atoms with van der Waals surface area (Å²) in [5.74, 6) is 0.192. The monoisotopic (exact) mass is 397 g/mol. The van der Waals surface area contributed by atoms with Gasteiger partial charge < -0.3 is 9.84 Å². The van der Waals surface area contributed by atoms with E-state index >= 15 is 0 Å². The summed E-state index contributed by atoms with van der Waals surface area (Å²) < 4.78 is 33.3. The molecule has 0 saturated heterocycles. The molecule has 1 aromatic carbocycles. The van der Waals surface area contributed by atoms with Gasteiger partial charge in [-0.25, -0.2) is 13.1 Å². The van der Waals surface area contributed by atoms with Crippen molar-refractivity contribution in [3.63, 3.8) is 0 Å². The Bertz CT molecular complexity index is 623. The molecule has 1 aliphatic carbocycles. The summed E-state index contributed by atoms with van der Waals surface area (Å²) >= 11 is 9.17. The third-order valence-corrected chi connectivity index (χ3v) is 5.81. The molecule has 0 radical (unpaired) electrons. The van der Waals surface area contributed by atoms with Crippen LogP contribution < -0.4 is 9.46 Å². The minimum atomic E-state index is -3.83. The van der Waals surface area contributed by atoms with E-state index in [1.54, 1.807) is 6.07 Å². The topological polar surface area (TPSA) is 75.6 Å². The average Bonchev–Trinajstić information content (AvgIpc) is 2.40. The van der Waals surface area contributed by atoms with E-state index in [0.717, 1.165) is 12.8 Å². The molecule has 21 heavy (non-hydrogen) atoms. The number of methoxy groups -OCH3 is 1. The first-order valence-electron chi connectivity index (χ1n) is 6.58. The summed E-state index contributed by atoms with van der Waals surface area (Å²) in [7, 11) is -2.44. The Labute approximate surface area is 137 Å². The van der Waals surface area contributed by atoms with Crippen molar-refractivity contribution in [2.75, 3.05) is 7.11 Å². The summed E-state index contributed by atoms with van der Waals surface area (Å²) in [5.41, 5.74) is 0. The van der Waals surface area contributed by atoms with Gasteiger partial charge in [-0.05, 0) is 40.9 Å². The number of sulfonamides is 1. The van der Waals surface area contributed by atoms with Gasteiger partial charge in [0.25, 0.3) is 0 Å². The standard InChI is InChI=1S/C13H17BrClNO4S/c1-20-13-9(14)6-8(15)7-12(13)21(18,19)16-10-4-2-3-5-11(10)17/h6-7,10-11,16-17H,2-5H2,1H3/t10-,11-/m0/s1. The summed E-state index contributed by atoms with van der Waals surface area (Å²) in [6.45, 7) is 0. The summed E-state index contributed by atoms with van der Waals surface area (Å²) in [6, 6.07) is 2.42. The minimum absolute atomic E-state index is 0.0397. The molecular weight excluding hydrogens is 382 g/mol. The number of hydrogen-bond donors (Lipinski definition) is 2. The Morgan fingerprint density at radius 1 is 1.38 bits per heavy atom. The normalized spacial score (nSPS) is 23.0. The maximum atomic E-state index is 12.5. The molecule has 2 N–H and O–H groups in total. The van der Waals surface area contributed by atoms with Gasteiger partial charge >= 0.3 is 0 Å². The maximum absolute atomic E-state index is 12.5. The molecule has 5 nitrogen and oxygen atoms in total. The smallest absolute Gasteiger partial charge is 0.244 e. The van der Waals surface area contributed by atoms with Crippen LogP contribution in [0.5, 0.6) is 5.75 Å². The second-order valence-electron chi connectivity index (χ2n) is 5.00. The highest BCUT2D eigenvalue weighted by Crippen LogP contribution is 2.35. The average molecular weight is 399 g/mol. The first kappa shape index (κ1) is 17.0. The SMILES string of the molecule is COc1c(Br)cc(Cl)cc1S(=O)(=O)N[C@H]1CCCC[C@@H]1O. The highest BCUT2D eigenvalue weighted by Gasteiger charge is 2.30. The maximum Gasteiger partial charge on any atom is 0.244 e. The van der Waals surface area contributed by atoms with E-state index in [2.05, 4.69) is 20.7 Å². The van der Waals surface area contributed by atoms with Crippen molar-refractivity contribution in [1.82, 2.24) is 4.72 Å². The zero-order valence-electron chi connectivity index (χ0n) is 11.5. The molecule has 0 unspecified atom stereocenters. The van der Waals surface area contributed by atoms with E-state index in [1.165, 1.54) is 13.2 Å². The van der Waals surface area contributed by atoms with Crippen LogP contribution in [0.15, 0.2) is 21.5 Å². The van der Waals surface area contributed by atoms with Crippen LogP contribution in [0.2, 0.25) is 5.02 Å². The molecule has 8 heteroatoms. The van der Waals surface area contributed by atoms with Gasteiger partial charge in [0, 0.05) is 11.1 Å². The number of benzene rings is 1. The quantitative estimate of drug-likeness (QED) is 0.817. The van der Waals surface area contributed by atoms with Crippen molar-refractivity contribution in [2.24, 2.45) is 0 Å². The molecule has 2 rings (SSSR count). The lowest BCUT2D eigenvalue weighted by atomic mass is 9.93. The third-order valence-electron chi connectivity index (χ3n) is 3.50. The predicted molar refractivity (Wildman–Crippen MR) is 84.3 cm³/mol. The summed E-state index contributed by atoms with van der Waals surface area (Å²) in [6.07, 6.45) is 2.35. The number of aliphatic hydroxyl groups is 1. The molecule has 0 aliphatic heterocycles. The van der Waals surface area contributed by atoms with Gasteiger partial charge in [0.15, 0.2) is 5.75 Å². The van der Waals surface area contributed by atoms with Crippen molar-refractivity contribution in [1.29, 1.82) is 0 Å². The van der Waals surface area contributed by atoms with Gasteiger partial charge in [-0.2, -0.15) is 0 Å². The van der Waals surface area contributed by atoms with Crippen LogP contribution >= 0.6 is 27.5 Å². The number of aliphatic hydroxyl groups excluding tert-OH is 1. The zero-order chi connectivity index (χ0) is 15.6. The van der Waals surface area contributed by atoms with Crippen LogP contribution in [0.3, 0.4) is 0 Å². The molecule has 0 aromatic heterocycles. The molecule has 1 fully saturated rings. The minimum Gasteiger partial charge on any atom is -0.494 e. The molecule has 0 heterocycles. The number of ether oxygens (including phenoxy) is 1. The van der Waals surface area contributed by atoms with E-state index < -0.39 is 22.2 Å². The lowest BCUT2D eigenvalue weighted by Gasteiger charge is -2.28. The van der Waals surface area contributed by atoms with Crippen molar-refractivity contribution < 1.29 is 18.3 Å². The van der Waals surface area contributed by atoms with Gasteiger partial charge in [-0.3, -0.25) is 0 Å². The van der Waals surface area contributed by atoms with Gasteiger partial charge in [0.2, 0.25) is 10.0 Å². The van der Waals surface area contributed by atoms with Crippen molar-refractivity contribution in [3.05, 3.63) is 21.6 Å². The van der Waals surface area contributed by atoms with Crippen molar-refractivity contribution >= 4 is 37.6 Å². The highest BCUT2D eigenvalue weighted by molar-refractivity contribution is 9.10. The van der Waals surface area contributed by atoms with Crippen LogP contribution in [0.25, 0.3) is 0 Å². The van der Waals surface area contributed by atoms with E-state index in [-0.39, 0.29) is 15.7 Å². The van der Waals surface area contributed by atoms with E-state index in [9.17, 15) is 13.5 Å². The van der Waals surface area contributed by atoms with Crippen LogP contribution in [-0.4, -0.2) is 32.8 Å². The molecule has 1 aliphatic rings. The lowest BCUT2D eigenvalue weighted by molar-refractivity contribution is 0.101. The molecule has 2 atom stereocenters. The van der Waals surface area contributed by atoms with Gasteiger partial charge in [-0.15, -0.1) is 0 Å². The number of halogens is 2. The fourth-order valence-corrected chi connectivity index (χ4v) is 5.13. The molecule has 0 spiro atoms. The Hall–Kier alpha value is -0.340. The second-order valence-corrected chi connectivity index (χ2v) is 7.97. The molecular formula is C13H17BrClNO4S. The van der Waals surface area contributed by atoms with Crippen molar-refractivity contribution in [3.8, 4) is 5.75 Å². The van der Waals surface area contributed by atoms with Crippen LogP contribution in [0, 0.1) is 0 Å². The highest BCUT2D eigenvalue weighted by atomic mass is 79.9. The number of nitrogens with one attached hydrogen (secondary N) is 1. The Morgan fingerprint density at radius 3 is 2.67 bits per heavy atom. The van der Waals surface area contributed by atoms with Crippen LogP contribution in [0.4, 0.5) is 0 Å².